The van der Waals surface area contributed by atoms with E-state index in [2.05, 4.69) is 21.0 Å². The molecule has 0 aliphatic carbocycles. The van der Waals surface area contributed by atoms with Gasteiger partial charge in [-0.05, 0) is 25.5 Å². The molecular weight excluding hydrogens is 408 g/mol. The van der Waals surface area contributed by atoms with Gasteiger partial charge in [-0.15, -0.1) is 0 Å². The molecule has 1 aliphatic heterocycles. The van der Waals surface area contributed by atoms with Gasteiger partial charge in [-0.1, -0.05) is 24.3 Å². The van der Waals surface area contributed by atoms with E-state index in [1.807, 2.05) is 44.2 Å². The van der Waals surface area contributed by atoms with Gasteiger partial charge in [0.2, 0.25) is 5.88 Å². The van der Waals surface area contributed by atoms with Crippen LogP contribution in [0.15, 0.2) is 42.7 Å². The lowest BCUT2D eigenvalue weighted by molar-refractivity contribution is -0.0346. The quantitative estimate of drug-likeness (QED) is 0.656. The molecule has 0 spiro atoms. The van der Waals surface area contributed by atoms with Crippen molar-refractivity contribution in [1.82, 2.24) is 19.9 Å². The fourth-order valence-electron chi connectivity index (χ4n) is 3.51. The number of amides is 2. The van der Waals surface area contributed by atoms with Crippen LogP contribution < -0.4 is 10.5 Å². The number of ether oxygens (including phenoxy) is 2. The van der Waals surface area contributed by atoms with Crippen LogP contribution >= 0.6 is 0 Å². The van der Waals surface area contributed by atoms with Crippen LogP contribution in [0.25, 0.3) is 22.3 Å². The maximum absolute atomic E-state index is 11.5. The van der Waals surface area contributed by atoms with Gasteiger partial charge in [0.25, 0.3) is 0 Å². The summed E-state index contributed by atoms with van der Waals surface area (Å²) in [7, 11) is 0. The van der Waals surface area contributed by atoms with Gasteiger partial charge < -0.3 is 20.1 Å². The SMILES string of the molecule is CC(C)(C#N)c1ccc(-c2cc3nccnc3c(OC[C@@H]3CN(C(N)=O)CCO3)n2)cc1. The van der Waals surface area contributed by atoms with Gasteiger partial charge in [0.15, 0.2) is 5.52 Å². The first-order chi connectivity index (χ1) is 15.4. The lowest BCUT2D eigenvalue weighted by Crippen LogP contribution is -2.49. The number of hydrogen-bond acceptors (Lipinski definition) is 7. The molecule has 1 aliphatic rings. The van der Waals surface area contributed by atoms with Crippen molar-refractivity contribution in [2.75, 3.05) is 26.3 Å². The number of rotatable bonds is 5. The minimum absolute atomic E-state index is 0.196. The molecule has 0 radical (unpaired) electrons. The summed E-state index contributed by atoms with van der Waals surface area (Å²) in [6, 6.07) is 11.4. The second-order valence-corrected chi connectivity index (χ2v) is 8.14. The Balaban J connectivity index is 1.61. The number of nitriles is 1. The molecule has 9 heteroatoms. The summed E-state index contributed by atoms with van der Waals surface area (Å²) in [5.74, 6) is 0.340. The van der Waals surface area contributed by atoms with E-state index in [4.69, 9.17) is 15.2 Å². The number of nitrogens with two attached hydrogens (primary N) is 1. The maximum atomic E-state index is 11.5. The highest BCUT2D eigenvalue weighted by Crippen LogP contribution is 2.29. The van der Waals surface area contributed by atoms with E-state index in [-0.39, 0.29) is 12.7 Å². The number of hydrogen-bond donors (Lipinski definition) is 1. The van der Waals surface area contributed by atoms with Crippen molar-refractivity contribution in [2.24, 2.45) is 5.73 Å². The van der Waals surface area contributed by atoms with Crippen LogP contribution in [0, 0.1) is 11.3 Å². The van der Waals surface area contributed by atoms with Crippen LogP contribution in [0.4, 0.5) is 4.79 Å². The number of nitrogens with zero attached hydrogens (tertiary/aromatic N) is 5. The molecular formula is C23H24N6O3. The Kier molecular flexibility index (Phi) is 5.88. The number of carbonyl (C=O) groups is 1. The number of aromatic nitrogens is 3. The van der Waals surface area contributed by atoms with Gasteiger partial charge in [0.05, 0.1) is 35.8 Å². The predicted molar refractivity (Wildman–Crippen MR) is 118 cm³/mol. The molecule has 0 unspecified atom stereocenters. The molecule has 0 saturated carbocycles. The highest BCUT2D eigenvalue weighted by Gasteiger charge is 2.24. The molecule has 1 aromatic carbocycles. The summed E-state index contributed by atoms with van der Waals surface area (Å²) in [5, 5.41) is 9.37. The number of primary amides is 1. The zero-order chi connectivity index (χ0) is 22.7. The van der Waals surface area contributed by atoms with Gasteiger partial charge in [-0.2, -0.15) is 5.26 Å². The van der Waals surface area contributed by atoms with Gasteiger partial charge in [0, 0.05) is 24.5 Å². The topological polar surface area (TPSA) is 127 Å². The third-order valence-electron chi connectivity index (χ3n) is 5.46. The van der Waals surface area contributed by atoms with Crippen molar-refractivity contribution in [3.63, 3.8) is 0 Å². The van der Waals surface area contributed by atoms with E-state index in [9.17, 15) is 10.1 Å². The Hall–Kier alpha value is -3.77. The first-order valence-electron chi connectivity index (χ1n) is 10.3. The molecule has 1 atom stereocenters. The number of carbonyl (C=O) groups excluding carboxylic acids is 1. The molecule has 1 fully saturated rings. The molecule has 2 N–H and O–H groups in total. The number of urea groups is 1. The lowest BCUT2D eigenvalue weighted by Gasteiger charge is -2.31. The fraction of sp³-hybridized carbons (Fsp3) is 0.348. The zero-order valence-electron chi connectivity index (χ0n) is 18.0. The van der Waals surface area contributed by atoms with E-state index in [0.29, 0.717) is 42.3 Å². The summed E-state index contributed by atoms with van der Waals surface area (Å²) < 4.78 is 11.7. The molecule has 32 heavy (non-hydrogen) atoms. The van der Waals surface area contributed by atoms with Gasteiger partial charge in [-0.25, -0.2) is 14.8 Å². The highest BCUT2D eigenvalue weighted by atomic mass is 16.5. The Morgan fingerprint density at radius 2 is 2.06 bits per heavy atom. The second-order valence-electron chi connectivity index (χ2n) is 8.14. The summed E-state index contributed by atoms with van der Waals surface area (Å²) in [6.45, 7) is 5.17. The third-order valence-corrected chi connectivity index (χ3v) is 5.46. The summed E-state index contributed by atoms with van der Waals surface area (Å²) in [4.78, 5) is 26.4. The molecule has 0 bridgehead atoms. The molecule has 3 aromatic rings. The molecule has 4 rings (SSSR count). The van der Waals surface area contributed by atoms with Crippen molar-refractivity contribution in [3.05, 3.63) is 48.3 Å². The number of pyridine rings is 1. The van der Waals surface area contributed by atoms with E-state index < -0.39 is 11.4 Å². The molecule has 9 nitrogen and oxygen atoms in total. The maximum Gasteiger partial charge on any atom is 0.314 e. The normalized spacial score (nSPS) is 16.5. The lowest BCUT2D eigenvalue weighted by atomic mass is 9.86. The van der Waals surface area contributed by atoms with Crippen molar-refractivity contribution in [3.8, 4) is 23.2 Å². The third kappa shape index (κ3) is 4.45. The van der Waals surface area contributed by atoms with Crippen molar-refractivity contribution < 1.29 is 14.3 Å². The number of morpholine rings is 1. The Labute approximate surface area is 185 Å². The molecule has 1 saturated heterocycles. The molecule has 164 valence electrons. The number of fused-ring (bicyclic) bond motifs is 1. The van der Waals surface area contributed by atoms with Crippen molar-refractivity contribution in [1.29, 1.82) is 5.26 Å². The monoisotopic (exact) mass is 432 g/mol. The summed E-state index contributed by atoms with van der Waals surface area (Å²) >= 11 is 0. The van der Waals surface area contributed by atoms with Crippen LogP contribution in [-0.2, 0) is 10.2 Å². The van der Waals surface area contributed by atoms with E-state index in [0.717, 1.165) is 11.1 Å². The standard InChI is InChI=1S/C23H24N6O3/c1-23(2,14-24)16-5-3-15(4-6-16)18-11-19-20(27-8-7-26-19)21(28-18)32-13-17-12-29(22(25)30)9-10-31-17/h3-8,11,17H,9-10,12-13H2,1-2H3,(H2,25,30)/t17-/m0/s1. The first-order valence-corrected chi connectivity index (χ1v) is 10.3. The average Bonchev–Trinajstić information content (AvgIpc) is 2.82. The summed E-state index contributed by atoms with van der Waals surface area (Å²) in [5.41, 5.74) is 8.47. The van der Waals surface area contributed by atoms with Crippen molar-refractivity contribution >= 4 is 17.1 Å². The minimum Gasteiger partial charge on any atom is -0.473 e. The van der Waals surface area contributed by atoms with E-state index in [1.54, 1.807) is 12.4 Å². The van der Waals surface area contributed by atoms with Crippen LogP contribution in [0.1, 0.15) is 19.4 Å². The van der Waals surface area contributed by atoms with Crippen LogP contribution in [-0.4, -0.2) is 58.3 Å². The second kappa shape index (κ2) is 8.77. The smallest absolute Gasteiger partial charge is 0.314 e. The van der Waals surface area contributed by atoms with Gasteiger partial charge in [0.1, 0.15) is 12.7 Å². The van der Waals surface area contributed by atoms with Crippen LogP contribution in [0.5, 0.6) is 5.88 Å². The van der Waals surface area contributed by atoms with Crippen molar-refractivity contribution in [2.45, 2.75) is 25.4 Å². The molecule has 2 aromatic heterocycles. The predicted octanol–water partition coefficient (Wildman–Crippen LogP) is 2.65. The highest BCUT2D eigenvalue weighted by molar-refractivity contribution is 5.83. The Morgan fingerprint density at radius 3 is 2.78 bits per heavy atom. The summed E-state index contributed by atoms with van der Waals surface area (Å²) in [6.07, 6.45) is 2.88. The van der Waals surface area contributed by atoms with Gasteiger partial charge >= 0.3 is 6.03 Å². The Bertz CT molecular complexity index is 1170. The molecule has 3 heterocycles. The number of benzene rings is 1. The zero-order valence-corrected chi connectivity index (χ0v) is 18.0. The average molecular weight is 432 g/mol. The van der Waals surface area contributed by atoms with Crippen LogP contribution in [0.2, 0.25) is 0 Å². The Morgan fingerprint density at radius 1 is 1.31 bits per heavy atom. The molecule has 2 amide bonds. The van der Waals surface area contributed by atoms with E-state index in [1.165, 1.54) is 4.90 Å². The minimum atomic E-state index is -0.576. The van der Waals surface area contributed by atoms with E-state index >= 15 is 0 Å². The first kappa shape index (κ1) is 21.5. The fourth-order valence-corrected chi connectivity index (χ4v) is 3.51. The van der Waals surface area contributed by atoms with Crippen LogP contribution in [0.3, 0.4) is 0 Å². The van der Waals surface area contributed by atoms with Gasteiger partial charge in [-0.3, -0.25) is 4.98 Å². The largest absolute Gasteiger partial charge is 0.473 e.